The quantitative estimate of drug-likeness (QED) is 0.224. The summed E-state index contributed by atoms with van der Waals surface area (Å²) in [6.45, 7) is 6.19. The third-order valence-electron chi connectivity index (χ3n) is 7.85. The molecule has 0 bridgehead atoms. The number of amides is 3. The molecule has 0 spiro atoms. The van der Waals surface area contributed by atoms with Gasteiger partial charge in [-0.1, -0.05) is 91.0 Å². The summed E-state index contributed by atoms with van der Waals surface area (Å²) in [4.78, 5) is 31.8. The van der Waals surface area contributed by atoms with Crippen LogP contribution in [0, 0.1) is 13.8 Å². The van der Waals surface area contributed by atoms with Crippen molar-refractivity contribution in [2.24, 2.45) is 0 Å². The zero-order valence-electron chi connectivity index (χ0n) is 24.5. The molecule has 42 heavy (non-hydrogen) atoms. The fourth-order valence-electron chi connectivity index (χ4n) is 5.46. The molecule has 5 rings (SSSR count). The highest BCUT2D eigenvalue weighted by Crippen LogP contribution is 2.24. The zero-order valence-corrected chi connectivity index (χ0v) is 24.5. The maximum Gasteiger partial charge on any atom is 0.322 e. The van der Waals surface area contributed by atoms with Crippen molar-refractivity contribution in [3.8, 4) is 5.75 Å². The smallest absolute Gasteiger partial charge is 0.322 e. The summed E-state index contributed by atoms with van der Waals surface area (Å²) in [5, 5.41) is 3.15. The highest BCUT2D eigenvalue weighted by Gasteiger charge is 2.34. The predicted octanol–water partition coefficient (Wildman–Crippen LogP) is 7.15. The number of urea groups is 1. The molecule has 1 fully saturated rings. The lowest BCUT2D eigenvalue weighted by molar-refractivity contribution is -0.135. The summed E-state index contributed by atoms with van der Waals surface area (Å²) in [5.41, 5.74) is 5.78. The number of nitrogens with zero attached hydrogens (tertiary/aromatic N) is 2. The van der Waals surface area contributed by atoms with Gasteiger partial charge < -0.3 is 19.9 Å². The van der Waals surface area contributed by atoms with Crippen molar-refractivity contribution >= 4 is 17.6 Å². The van der Waals surface area contributed by atoms with Gasteiger partial charge in [0, 0.05) is 31.7 Å². The van der Waals surface area contributed by atoms with E-state index in [1.54, 1.807) is 4.90 Å². The van der Waals surface area contributed by atoms with Crippen molar-refractivity contribution in [1.82, 2.24) is 9.80 Å². The lowest BCUT2D eigenvalue weighted by Gasteiger charge is -2.34. The Kier molecular flexibility index (Phi) is 9.55. The van der Waals surface area contributed by atoms with Crippen molar-refractivity contribution in [3.63, 3.8) is 0 Å². The number of hydrogen-bond donors (Lipinski definition) is 1. The van der Waals surface area contributed by atoms with Gasteiger partial charge in [-0.3, -0.25) is 4.79 Å². The predicted molar refractivity (Wildman–Crippen MR) is 167 cm³/mol. The lowest BCUT2D eigenvalue weighted by Crippen LogP contribution is -2.52. The van der Waals surface area contributed by atoms with E-state index in [9.17, 15) is 9.59 Å². The minimum Gasteiger partial charge on any atom is -0.489 e. The second-order valence-corrected chi connectivity index (χ2v) is 11.0. The topological polar surface area (TPSA) is 61.9 Å². The number of anilines is 1. The first-order valence-electron chi connectivity index (χ1n) is 14.7. The van der Waals surface area contributed by atoms with Crippen LogP contribution in [0.25, 0.3) is 0 Å². The Morgan fingerprint density at radius 2 is 1.36 bits per heavy atom. The van der Waals surface area contributed by atoms with Crippen molar-refractivity contribution in [3.05, 3.63) is 131 Å². The number of likely N-dealkylation sites (tertiary alicyclic amines) is 1. The Balaban J connectivity index is 1.42. The second kappa shape index (κ2) is 13.9. The molecule has 1 atom stereocenters. The van der Waals surface area contributed by atoms with E-state index < -0.39 is 6.04 Å². The number of ether oxygens (including phenoxy) is 1. The van der Waals surface area contributed by atoms with Gasteiger partial charge in [0.2, 0.25) is 5.91 Å². The maximum absolute atomic E-state index is 14.1. The molecule has 3 amide bonds. The summed E-state index contributed by atoms with van der Waals surface area (Å²) < 4.78 is 5.98. The molecule has 0 radical (unpaired) electrons. The normalized spacial score (nSPS) is 13.4. The molecule has 0 aliphatic carbocycles. The molecule has 1 aliphatic rings. The van der Waals surface area contributed by atoms with Gasteiger partial charge in [-0.2, -0.15) is 0 Å². The van der Waals surface area contributed by atoms with Crippen molar-refractivity contribution in [1.29, 1.82) is 0 Å². The first-order chi connectivity index (χ1) is 20.5. The number of rotatable bonds is 10. The molecule has 1 aliphatic heterocycles. The van der Waals surface area contributed by atoms with Gasteiger partial charge in [0.15, 0.2) is 0 Å². The molecular weight excluding hydrogens is 522 g/mol. The Morgan fingerprint density at radius 1 is 0.762 bits per heavy atom. The lowest BCUT2D eigenvalue weighted by atomic mass is 10.0. The molecular formula is C36H39N3O3. The first kappa shape index (κ1) is 28.9. The van der Waals surface area contributed by atoms with Crippen LogP contribution in [0.2, 0.25) is 0 Å². The number of carbonyl (C=O) groups is 2. The van der Waals surface area contributed by atoms with Gasteiger partial charge in [0.1, 0.15) is 18.4 Å². The Labute approximate surface area is 248 Å². The van der Waals surface area contributed by atoms with E-state index in [-0.39, 0.29) is 18.5 Å². The standard InChI is InChI=1S/C36H39N3O3/c1-27-12-11-13-28(2)34(27)37-36(41)39(25-30-18-20-32(21-19-30)42-26-31-16-7-4-8-17-31)33(24-29-14-5-3-6-15-29)35(40)38-22-9-10-23-38/h3-8,11-21,33H,9-10,22-26H2,1-2H3,(H,37,41). The number of aryl methyl sites for hydroxylation is 2. The van der Waals surface area contributed by atoms with Crippen molar-refractivity contribution < 1.29 is 14.3 Å². The van der Waals surface area contributed by atoms with E-state index in [2.05, 4.69) is 5.32 Å². The van der Waals surface area contributed by atoms with E-state index in [0.29, 0.717) is 13.0 Å². The fraction of sp³-hybridized carbons (Fsp3) is 0.278. The highest BCUT2D eigenvalue weighted by atomic mass is 16.5. The van der Waals surface area contributed by atoms with Crippen molar-refractivity contribution in [2.75, 3.05) is 18.4 Å². The first-order valence-corrected chi connectivity index (χ1v) is 14.7. The number of carbonyl (C=O) groups excluding carboxylic acids is 2. The van der Waals surface area contributed by atoms with Crippen LogP contribution in [0.1, 0.15) is 40.7 Å². The van der Waals surface area contributed by atoms with Crippen LogP contribution in [0.3, 0.4) is 0 Å². The summed E-state index contributed by atoms with van der Waals surface area (Å²) in [6.07, 6.45) is 2.42. The summed E-state index contributed by atoms with van der Waals surface area (Å²) in [5.74, 6) is 0.749. The Hall–Kier alpha value is -4.58. The summed E-state index contributed by atoms with van der Waals surface area (Å²) >= 11 is 0. The number of nitrogens with one attached hydrogen (secondary N) is 1. The Morgan fingerprint density at radius 3 is 1.98 bits per heavy atom. The van der Waals surface area contributed by atoms with E-state index >= 15 is 0 Å². The SMILES string of the molecule is Cc1cccc(C)c1NC(=O)N(Cc1ccc(OCc2ccccc2)cc1)C(Cc1ccccc1)C(=O)N1CCCC1. The summed E-state index contributed by atoms with van der Waals surface area (Å²) in [6, 6.07) is 32.8. The third kappa shape index (κ3) is 7.38. The van der Waals surface area contributed by atoms with E-state index in [1.807, 2.05) is 122 Å². The van der Waals surface area contributed by atoms with Crippen LogP contribution in [0.5, 0.6) is 5.75 Å². The zero-order chi connectivity index (χ0) is 29.3. The average molecular weight is 562 g/mol. The fourth-order valence-corrected chi connectivity index (χ4v) is 5.46. The summed E-state index contributed by atoms with van der Waals surface area (Å²) in [7, 11) is 0. The van der Waals surface area contributed by atoms with Crippen LogP contribution in [0.15, 0.2) is 103 Å². The molecule has 1 N–H and O–H groups in total. The van der Waals surface area contributed by atoms with Crippen LogP contribution in [-0.4, -0.2) is 40.9 Å². The van der Waals surface area contributed by atoms with Gasteiger partial charge in [-0.05, 0) is 66.6 Å². The van der Waals surface area contributed by atoms with E-state index in [4.69, 9.17) is 4.74 Å². The molecule has 1 heterocycles. The minimum absolute atomic E-state index is 0.00387. The second-order valence-electron chi connectivity index (χ2n) is 11.0. The van der Waals surface area contributed by atoms with Gasteiger partial charge in [-0.15, -0.1) is 0 Å². The minimum atomic E-state index is -0.649. The van der Waals surface area contributed by atoms with Gasteiger partial charge in [-0.25, -0.2) is 4.79 Å². The number of hydrogen-bond acceptors (Lipinski definition) is 3. The van der Waals surface area contributed by atoms with E-state index in [1.165, 1.54) is 0 Å². The van der Waals surface area contributed by atoms with Crippen LogP contribution < -0.4 is 10.1 Å². The van der Waals surface area contributed by atoms with Gasteiger partial charge in [0.25, 0.3) is 0 Å². The molecule has 4 aromatic carbocycles. The molecule has 0 aromatic heterocycles. The largest absolute Gasteiger partial charge is 0.489 e. The molecule has 0 saturated carbocycles. The Bertz CT molecular complexity index is 1450. The number of benzene rings is 4. The van der Waals surface area contributed by atoms with E-state index in [0.717, 1.165) is 65.2 Å². The van der Waals surface area contributed by atoms with Crippen LogP contribution >= 0.6 is 0 Å². The molecule has 1 saturated heterocycles. The maximum atomic E-state index is 14.1. The molecule has 216 valence electrons. The monoisotopic (exact) mass is 561 g/mol. The van der Waals surface area contributed by atoms with Crippen LogP contribution in [-0.2, 0) is 24.4 Å². The molecule has 6 heteroatoms. The third-order valence-corrected chi connectivity index (χ3v) is 7.85. The van der Waals surface area contributed by atoms with Gasteiger partial charge >= 0.3 is 6.03 Å². The molecule has 6 nitrogen and oxygen atoms in total. The average Bonchev–Trinajstić information content (AvgIpc) is 3.56. The van der Waals surface area contributed by atoms with Crippen molar-refractivity contribution in [2.45, 2.75) is 52.3 Å². The highest BCUT2D eigenvalue weighted by molar-refractivity contribution is 5.95. The van der Waals surface area contributed by atoms with Crippen LogP contribution in [0.4, 0.5) is 10.5 Å². The number of para-hydroxylation sites is 1. The molecule has 1 unspecified atom stereocenters. The molecule has 4 aromatic rings. The van der Waals surface area contributed by atoms with Gasteiger partial charge in [0.05, 0.1) is 0 Å².